The van der Waals surface area contributed by atoms with Crippen molar-refractivity contribution in [1.29, 1.82) is 0 Å². The van der Waals surface area contributed by atoms with E-state index in [1.165, 1.54) is 25.3 Å². The van der Waals surface area contributed by atoms with Gasteiger partial charge < -0.3 is 4.42 Å². The lowest BCUT2D eigenvalue weighted by Gasteiger charge is -1.94. The Hall–Kier alpha value is -1.97. The molecule has 0 unspecified atom stereocenters. The van der Waals surface area contributed by atoms with E-state index < -0.39 is 0 Å². The van der Waals surface area contributed by atoms with Gasteiger partial charge in [0, 0.05) is 12.5 Å². The van der Waals surface area contributed by atoms with E-state index in [-0.39, 0.29) is 23.3 Å². The monoisotopic (exact) mass is 205 g/mol. The number of hydrogen-bond acceptors (Lipinski definition) is 3. The summed E-state index contributed by atoms with van der Waals surface area (Å²) in [6.07, 6.45) is 1.34. The number of ketones is 1. The minimum atomic E-state index is -0.366. The highest BCUT2D eigenvalue weighted by Gasteiger charge is 2.09. The molecule has 4 heteroatoms. The van der Waals surface area contributed by atoms with Gasteiger partial charge in [0.05, 0.1) is 6.20 Å². The molecular weight excluding hydrogens is 197 g/mol. The molecule has 1 heterocycles. The number of Topliss-reactive ketones (excluding diaryl/α,β-unsaturated/α-hetero) is 1. The smallest absolute Gasteiger partial charge is 0.226 e. The molecule has 0 aliphatic heterocycles. The third-order valence-corrected chi connectivity index (χ3v) is 1.92. The fourth-order valence-corrected chi connectivity index (χ4v) is 1.19. The van der Waals surface area contributed by atoms with Crippen LogP contribution in [0.1, 0.15) is 17.5 Å². The first-order chi connectivity index (χ1) is 7.16. The van der Waals surface area contributed by atoms with Crippen LogP contribution in [0.4, 0.5) is 4.39 Å². The van der Waals surface area contributed by atoms with Gasteiger partial charge in [-0.05, 0) is 18.2 Å². The summed E-state index contributed by atoms with van der Waals surface area (Å²) >= 11 is 0. The van der Waals surface area contributed by atoms with Gasteiger partial charge in [-0.3, -0.25) is 4.79 Å². The highest BCUT2D eigenvalue weighted by atomic mass is 19.1. The number of rotatable bonds is 2. The summed E-state index contributed by atoms with van der Waals surface area (Å²) in [6, 6.07) is 5.86. The van der Waals surface area contributed by atoms with Crippen molar-refractivity contribution in [1.82, 2.24) is 4.98 Å². The molecule has 1 aromatic carbocycles. The number of aromatic nitrogens is 1. The second kappa shape index (κ2) is 3.65. The number of nitrogens with zero attached hydrogens (tertiary/aromatic N) is 1. The molecule has 3 nitrogen and oxygen atoms in total. The number of benzene rings is 1. The van der Waals surface area contributed by atoms with E-state index in [9.17, 15) is 9.18 Å². The van der Waals surface area contributed by atoms with Crippen LogP contribution in [0.3, 0.4) is 0 Å². The summed E-state index contributed by atoms with van der Waals surface area (Å²) in [5.74, 6) is -0.144. The quantitative estimate of drug-likeness (QED) is 0.708. The summed E-state index contributed by atoms with van der Waals surface area (Å²) < 4.78 is 18.0. The molecule has 0 fully saturated rings. The van der Waals surface area contributed by atoms with Crippen molar-refractivity contribution in [2.75, 3.05) is 0 Å². The van der Waals surface area contributed by atoms with Crippen molar-refractivity contribution in [2.45, 2.75) is 6.92 Å². The van der Waals surface area contributed by atoms with E-state index >= 15 is 0 Å². The molecule has 1 aromatic heterocycles. The number of halogens is 1. The van der Waals surface area contributed by atoms with Crippen LogP contribution in [-0.4, -0.2) is 10.8 Å². The van der Waals surface area contributed by atoms with E-state index in [0.29, 0.717) is 5.56 Å². The van der Waals surface area contributed by atoms with Crippen molar-refractivity contribution in [3.05, 3.63) is 42.0 Å². The van der Waals surface area contributed by atoms with Gasteiger partial charge in [0.25, 0.3) is 0 Å². The lowest BCUT2D eigenvalue weighted by molar-refractivity contribution is 0.0988. The Morgan fingerprint density at radius 3 is 2.87 bits per heavy atom. The van der Waals surface area contributed by atoms with Crippen molar-refractivity contribution >= 4 is 5.78 Å². The van der Waals surface area contributed by atoms with E-state index in [2.05, 4.69) is 4.98 Å². The number of oxazole rings is 1. The molecule has 0 saturated heterocycles. The Morgan fingerprint density at radius 2 is 2.27 bits per heavy atom. The average molecular weight is 205 g/mol. The van der Waals surface area contributed by atoms with Gasteiger partial charge in [0.1, 0.15) is 5.82 Å². The van der Waals surface area contributed by atoms with Gasteiger partial charge in [-0.25, -0.2) is 9.37 Å². The van der Waals surface area contributed by atoms with Crippen LogP contribution < -0.4 is 0 Å². The Kier molecular flexibility index (Phi) is 2.33. The lowest BCUT2D eigenvalue weighted by Crippen LogP contribution is -1.86. The van der Waals surface area contributed by atoms with Gasteiger partial charge in [-0.1, -0.05) is 6.07 Å². The van der Waals surface area contributed by atoms with Gasteiger partial charge >= 0.3 is 0 Å². The topological polar surface area (TPSA) is 43.1 Å². The summed E-state index contributed by atoms with van der Waals surface area (Å²) in [4.78, 5) is 14.8. The number of carbonyl (C=O) groups is 1. The van der Waals surface area contributed by atoms with E-state index in [1.54, 1.807) is 12.1 Å². The Bertz CT molecular complexity index is 505. The molecule has 76 valence electrons. The summed E-state index contributed by atoms with van der Waals surface area (Å²) in [6.45, 7) is 1.38. The average Bonchev–Trinajstić information content (AvgIpc) is 2.66. The minimum Gasteiger partial charge on any atom is -0.433 e. The van der Waals surface area contributed by atoms with Gasteiger partial charge in [0.2, 0.25) is 5.89 Å². The van der Waals surface area contributed by atoms with Crippen LogP contribution in [0, 0.1) is 5.82 Å². The molecule has 0 amide bonds. The van der Waals surface area contributed by atoms with Crippen LogP contribution in [-0.2, 0) is 0 Å². The van der Waals surface area contributed by atoms with Crippen molar-refractivity contribution in [3.63, 3.8) is 0 Å². The fraction of sp³-hybridized carbons (Fsp3) is 0.0909. The molecule has 0 spiro atoms. The lowest BCUT2D eigenvalue weighted by atomic mass is 10.2. The predicted molar refractivity (Wildman–Crippen MR) is 51.9 cm³/mol. The molecule has 0 radical (unpaired) electrons. The first kappa shape index (κ1) is 9.58. The van der Waals surface area contributed by atoms with Crippen molar-refractivity contribution in [3.8, 4) is 11.5 Å². The van der Waals surface area contributed by atoms with Crippen molar-refractivity contribution < 1.29 is 13.6 Å². The molecule has 0 bridgehead atoms. The Balaban J connectivity index is 2.41. The van der Waals surface area contributed by atoms with E-state index in [4.69, 9.17) is 4.42 Å². The Labute approximate surface area is 85.6 Å². The van der Waals surface area contributed by atoms with Crippen LogP contribution in [0.15, 0.2) is 34.9 Å². The first-order valence-corrected chi connectivity index (χ1v) is 4.39. The van der Waals surface area contributed by atoms with Gasteiger partial charge in [-0.2, -0.15) is 0 Å². The zero-order valence-electron chi connectivity index (χ0n) is 8.03. The third-order valence-electron chi connectivity index (χ3n) is 1.92. The van der Waals surface area contributed by atoms with Crippen LogP contribution in [0.2, 0.25) is 0 Å². The van der Waals surface area contributed by atoms with Crippen LogP contribution >= 0.6 is 0 Å². The maximum atomic E-state index is 12.9. The summed E-state index contributed by atoms with van der Waals surface area (Å²) in [5, 5.41) is 0. The van der Waals surface area contributed by atoms with E-state index in [0.717, 1.165) is 0 Å². The standard InChI is InChI=1S/C11H8FNO2/c1-7(14)10-6-13-11(15-10)8-3-2-4-9(12)5-8/h2-6H,1H3. The normalized spacial score (nSPS) is 10.3. The molecule has 0 N–H and O–H groups in total. The third kappa shape index (κ3) is 1.93. The molecule has 0 aliphatic carbocycles. The molecule has 0 saturated carbocycles. The van der Waals surface area contributed by atoms with Crippen LogP contribution in [0.25, 0.3) is 11.5 Å². The van der Waals surface area contributed by atoms with Gasteiger partial charge in [0.15, 0.2) is 11.5 Å². The highest BCUT2D eigenvalue weighted by Crippen LogP contribution is 2.19. The number of hydrogen-bond donors (Lipinski definition) is 0. The molecule has 0 atom stereocenters. The molecule has 2 aromatic rings. The second-order valence-corrected chi connectivity index (χ2v) is 3.10. The fourth-order valence-electron chi connectivity index (χ4n) is 1.19. The second-order valence-electron chi connectivity index (χ2n) is 3.10. The summed E-state index contributed by atoms with van der Waals surface area (Å²) in [7, 11) is 0. The predicted octanol–water partition coefficient (Wildman–Crippen LogP) is 2.68. The molecule has 15 heavy (non-hydrogen) atoms. The van der Waals surface area contributed by atoms with Gasteiger partial charge in [-0.15, -0.1) is 0 Å². The maximum Gasteiger partial charge on any atom is 0.226 e. The Morgan fingerprint density at radius 1 is 1.47 bits per heavy atom. The molecule has 0 aliphatic rings. The zero-order chi connectivity index (χ0) is 10.8. The van der Waals surface area contributed by atoms with Crippen LogP contribution in [0.5, 0.6) is 0 Å². The molecular formula is C11H8FNO2. The maximum absolute atomic E-state index is 12.9. The zero-order valence-corrected chi connectivity index (χ0v) is 8.03. The SMILES string of the molecule is CC(=O)c1cnc(-c2cccc(F)c2)o1. The highest BCUT2D eigenvalue weighted by molar-refractivity contribution is 5.91. The largest absolute Gasteiger partial charge is 0.433 e. The molecule has 2 rings (SSSR count). The number of carbonyl (C=O) groups excluding carboxylic acids is 1. The van der Waals surface area contributed by atoms with E-state index in [1.807, 2.05) is 0 Å². The summed E-state index contributed by atoms with van der Waals surface area (Å²) in [5.41, 5.74) is 0.516. The first-order valence-electron chi connectivity index (χ1n) is 4.39. The minimum absolute atomic E-state index is 0.175. The van der Waals surface area contributed by atoms with Crippen molar-refractivity contribution in [2.24, 2.45) is 0 Å².